The normalized spacial score (nSPS) is 14.6. The topological polar surface area (TPSA) is 12.0 Å². The van der Waals surface area contributed by atoms with E-state index in [1.807, 2.05) is 5.32 Å². The zero-order chi connectivity index (χ0) is 15.0. The van der Waals surface area contributed by atoms with Crippen LogP contribution in [0.2, 0.25) is 0 Å². The molecule has 1 aromatic rings. The predicted molar refractivity (Wildman–Crippen MR) is 58.7 cm³/mol. The highest BCUT2D eigenvalue weighted by molar-refractivity contribution is 5.38. The maximum absolute atomic E-state index is 13.5. The second-order valence-corrected chi connectivity index (χ2v) is 4.30. The number of benzene rings is 1. The number of rotatable bonds is 3. The molecule has 0 amide bonds. The standard InChI is InChI=1S/C12H13F6N/c1-6-4-8(13)5-7(2)9(6)10(19-3)11(14,15)12(16,17)18/h4-5,10,19H,1-3H3. The number of hydrogen-bond acceptors (Lipinski definition) is 1. The van der Waals surface area contributed by atoms with E-state index in [1.54, 1.807) is 0 Å². The molecule has 108 valence electrons. The van der Waals surface area contributed by atoms with Gasteiger partial charge in [0.2, 0.25) is 0 Å². The van der Waals surface area contributed by atoms with E-state index in [2.05, 4.69) is 0 Å². The summed E-state index contributed by atoms with van der Waals surface area (Å²) in [4.78, 5) is 0. The number of aryl methyl sites for hydroxylation is 2. The van der Waals surface area contributed by atoms with Crippen LogP contribution in [0.4, 0.5) is 26.3 Å². The van der Waals surface area contributed by atoms with Gasteiger partial charge in [0, 0.05) is 0 Å². The molecule has 1 N–H and O–H groups in total. The SMILES string of the molecule is CNC(c1c(C)cc(F)cc1C)C(F)(F)C(F)(F)F. The second-order valence-electron chi connectivity index (χ2n) is 4.30. The molecule has 0 saturated heterocycles. The average molecular weight is 285 g/mol. The summed E-state index contributed by atoms with van der Waals surface area (Å²) in [5.41, 5.74) is -0.159. The maximum Gasteiger partial charge on any atom is 0.455 e. The molecule has 1 nitrogen and oxygen atoms in total. The van der Waals surface area contributed by atoms with Crippen molar-refractivity contribution in [2.24, 2.45) is 0 Å². The number of alkyl halides is 5. The van der Waals surface area contributed by atoms with Gasteiger partial charge >= 0.3 is 12.1 Å². The summed E-state index contributed by atoms with van der Waals surface area (Å²) in [5, 5.41) is 1.97. The molecule has 0 aliphatic rings. The zero-order valence-electron chi connectivity index (χ0n) is 10.5. The van der Waals surface area contributed by atoms with Crippen molar-refractivity contribution in [3.8, 4) is 0 Å². The fraction of sp³-hybridized carbons (Fsp3) is 0.500. The van der Waals surface area contributed by atoms with Crippen LogP contribution in [0.1, 0.15) is 22.7 Å². The minimum Gasteiger partial charge on any atom is -0.308 e. The Morgan fingerprint density at radius 2 is 1.42 bits per heavy atom. The van der Waals surface area contributed by atoms with E-state index in [0.717, 1.165) is 19.2 Å². The van der Waals surface area contributed by atoms with Crippen molar-refractivity contribution in [3.63, 3.8) is 0 Å². The minimum atomic E-state index is -5.69. The first kappa shape index (κ1) is 15.8. The van der Waals surface area contributed by atoms with Crippen molar-refractivity contribution in [3.05, 3.63) is 34.6 Å². The van der Waals surface area contributed by atoms with Crippen molar-refractivity contribution in [1.82, 2.24) is 5.32 Å². The summed E-state index contributed by atoms with van der Waals surface area (Å²) < 4.78 is 77.3. The Bertz CT molecular complexity index is 443. The van der Waals surface area contributed by atoms with E-state index in [9.17, 15) is 26.3 Å². The van der Waals surface area contributed by atoms with Gasteiger partial charge < -0.3 is 5.32 Å². The van der Waals surface area contributed by atoms with Crippen LogP contribution in [0.5, 0.6) is 0 Å². The van der Waals surface area contributed by atoms with Crippen molar-refractivity contribution >= 4 is 0 Å². The van der Waals surface area contributed by atoms with E-state index < -0.39 is 24.0 Å². The summed E-state index contributed by atoms with van der Waals surface area (Å²) in [6.07, 6.45) is -5.69. The van der Waals surface area contributed by atoms with E-state index >= 15 is 0 Å². The maximum atomic E-state index is 13.5. The highest BCUT2D eigenvalue weighted by atomic mass is 19.4. The van der Waals surface area contributed by atoms with Crippen molar-refractivity contribution in [2.45, 2.75) is 32.0 Å². The Labute approximate surface area is 106 Å². The molecular weight excluding hydrogens is 272 g/mol. The van der Waals surface area contributed by atoms with Gasteiger partial charge in [0.25, 0.3) is 0 Å². The third-order valence-corrected chi connectivity index (χ3v) is 2.88. The van der Waals surface area contributed by atoms with E-state index in [1.165, 1.54) is 13.8 Å². The van der Waals surface area contributed by atoms with Crippen LogP contribution in [0.25, 0.3) is 0 Å². The molecule has 7 heteroatoms. The summed E-state index contributed by atoms with van der Waals surface area (Å²) in [5.74, 6) is -5.63. The van der Waals surface area contributed by atoms with E-state index in [0.29, 0.717) is 0 Å². The lowest BCUT2D eigenvalue weighted by atomic mass is 9.91. The Morgan fingerprint density at radius 1 is 1.00 bits per heavy atom. The van der Waals surface area contributed by atoms with Crippen molar-refractivity contribution in [1.29, 1.82) is 0 Å². The van der Waals surface area contributed by atoms with Gasteiger partial charge in [0.1, 0.15) is 11.9 Å². The fourth-order valence-electron chi connectivity index (χ4n) is 2.05. The first-order chi connectivity index (χ1) is 8.52. The van der Waals surface area contributed by atoms with Crippen LogP contribution in [-0.4, -0.2) is 19.1 Å². The third kappa shape index (κ3) is 2.86. The van der Waals surface area contributed by atoms with Crippen LogP contribution in [0.3, 0.4) is 0 Å². The fourth-order valence-corrected chi connectivity index (χ4v) is 2.05. The van der Waals surface area contributed by atoms with Gasteiger partial charge in [-0.05, 0) is 49.7 Å². The molecule has 0 saturated carbocycles. The largest absolute Gasteiger partial charge is 0.455 e. The first-order valence-electron chi connectivity index (χ1n) is 5.40. The van der Waals surface area contributed by atoms with Crippen LogP contribution >= 0.6 is 0 Å². The lowest BCUT2D eigenvalue weighted by molar-refractivity contribution is -0.294. The molecule has 0 bridgehead atoms. The lowest BCUT2D eigenvalue weighted by Crippen LogP contribution is -2.47. The average Bonchev–Trinajstić information content (AvgIpc) is 2.20. The second kappa shape index (κ2) is 5.03. The van der Waals surface area contributed by atoms with Gasteiger partial charge in [-0.2, -0.15) is 22.0 Å². The highest BCUT2D eigenvalue weighted by Crippen LogP contribution is 2.45. The molecule has 1 atom stereocenters. The van der Waals surface area contributed by atoms with Gasteiger partial charge in [-0.15, -0.1) is 0 Å². The quantitative estimate of drug-likeness (QED) is 0.830. The molecule has 19 heavy (non-hydrogen) atoms. The smallest absolute Gasteiger partial charge is 0.308 e. The summed E-state index contributed by atoms with van der Waals surface area (Å²) >= 11 is 0. The lowest BCUT2D eigenvalue weighted by Gasteiger charge is -2.30. The van der Waals surface area contributed by atoms with Crippen LogP contribution in [-0.2, 0) is 0 Å². The molecule has 0 heterocycles. The van der Waals surface area contributed by atoms with Gasteiger partial charge in [0.15, 0.2) is 0 Å². The first-order valence-corrected chi connectivity index (χ1v) is 5.40. The molecule has 1 rings (SSSR count). The molecule has 0 aliphatic heterocycles. The molecular formula is C12H13F6N. The molecule has 0 spiro atoms. The van der Waals surface area contributed by atoms with Gasteiger partial charge in [-0.3, -0.25) is 0 Å². The predicted octanol–water partition coefficient (Wildman–Crippen LogP) is 3.90. The van der Waals surface area contributed by atoms with Crippen LogP contribution in [0, 0.1) is 19.7 Å². The highest BCUT2D eigenvalue weighted by Gasteiger charge is 2.62. The number of hydrogen-bond donors (Lipinski definition) is 1. The molecule has 0 fully saturated rings. The van der Waals surface area contributed by atoms with Crippen molar-refractivity contribution in [2.75, 3.05) is 7.05 Å². The summed E-state index contributed by atoms with van der Waals surface area (Å²) in [7, 11) is 1.01. The third-order valence-electron chi connectivity index (χ3n) is 2.88. The van der Waals surface area contributed by atoms with Crippen LogP contribution < -0.4 is 5.32 Å². The molecule has 0 radical (unpaired) electrons. The monoisotopic (exact) mass is 285 g/mol. The Balaban J connectivity index is 3.41. The molecule has 1 aromatic carbocycles. The number of nitrogens with one attached hydrogen (secondary N) is 1. The summed E-state index contributed by atoms with van der Waals surface area (Å²) in [6.45, 7) is 2.59. The number of halogens is 6. The molecule has 0 aliphatic carbocycles. The van der Waals surface area contributed by atoms with E-state index in [4.69, 9.17) is 0 Å². The minimum absolute atomic E-state index is 0.0424. The Morgan fingerprint density at radius 3 is 1.74 bits per heavy atom. The van der Waals surface area contributed by atoms with Gasteiger partial charge in [-0.1, -0.05) is 0 Å². The Kier molecular flexibility index (Phi) is 4.19. The van der Waals surface area contributed by atoms with Crippen molar-refractivity contribution < 1.29 is 26.3 Å². The van der Waals surface area contributed by atoms with Gasteiger partial charge in [0.05, 0.1) is 0 Å². The van der Waals surface area contributed by atoms with Gasteiger partial charge in [-0.25, -0.2) is 4.39 Å². The molecule has 0 aromatic heterocycles. The Hall–Kier alpha value is -1.24. The van der Waals surface area contributed by atoms with Crippen LogP contribution in [0.15, 0.2) is 12.1 Å². The molecule has 1 unspecified atom stereocenters. The van der Waals surface area contributed by atoms with E-state index in [-0.39, 0.29) is 16.7 Å². The zero-order valence-corrected chi connectivity index (χ0v) is 10.5. The summed E-state index contributed by atoms with van der Waals surface area (Å²) in [6, 6.07) is -0.397.